The summed E-state index contributed by atoms with van der Waals surface area (Å²) in [4.78, 5) is 32.6. The van der Waals surface area contributed by atoms with E-state index in [1.165, 1.54) is 5.01 Å². The summed E-state index contributed by atoms with van der Waals surface area (Å²) in [6.07, 6.45) is -0.171. The van der Waals surface area contributed by atoms with E-state index in [0.29, 0.717) is 12.3 Å². The number of nitrogens with zero attached hydrogens (tertiary/aromatic N) is 3. The van der Waals surface area contributed by atoms with E-state index >= 15 is 0 Å². The monoisotopic (exact) mass is 433 g/mol. The summed E-state index contributed by atoms with van der Waals surface area (Å²) in [5.41, 5.74) is 5.36. The maximum atomic E-state index is 13.9. The Kier molecular flexibility index (Phi) is 5.67. The lowest BCUT2D eigenvalue weighted by Gasteiger charge is -2.36. The minimum atomic E-state index is -0.647. The quantitative estimate of drug-likeness (QED) is 0.675. The number of oxime groups is 1. The number of hydrogen-bond acceptors (Lipinski definition) is 5. The fraction of sp³-hybridized carbons (Fsp3) is 0.423. The number of hydrazine groups is 1. The van der Waals surface area contributed by atoms with Crippen LogP contribution in [-0.2, 0) is 21.0 Å². The van der Waals surface area contributed by atoms with Gasteiger partial charge in [-0.05, 0) is 58.2 Å². The molecule has 2 aliphatic heterocycles. The van der Waals surface area contributed by atoms with Gasteiger partial charge >= 0.3 is 0 Å². The minimum absolute atomic E-state index is 0.188. The summed E-state index contributed by atoms with van der Waals surface area (Å²) >= 11 is 0. The maximum Gasteiger partial charge on any atom is 0.257 e. The number of amides is 2. The van der Waals surface area contributed by atoms with E-state index in [4.69, 9.17) is 4.84 Å². The SMILES string of the molecule is Cc1cc(C)c(C2=NO[C@H](C)[C@H]2C(=O)N2C(=O)CC(C)(C)N2Cc2ccccc2)c(C)c1. The van der Waals surface area contributed by atoms with Crippen molar-refractivity contribution in [2.75, 3.05) is 0 Å². The van der Waals surface area contributed by atoms with Crippen molar-refractivity contribution in [2.45, 2.75) is 66.2 Å². The van der Waals surface area contributed by atoms with Crippen LogP contribution in [0, 0.1) is 26.7 Å². The Bertz CT molecular complexity index is 1070. The van der Waals surface area contributed by atoms with Crippen LogP contribution in [0.1, 0.15) is 55.0 Å². The highest BCUT2D eigenvalue weighted by molar-refractivity contribution is 6.17. The topological polar surface area (TPSA) is 62.2 Å². The fourth-order valence-corrected chi connectivity index (χ4v) is 4.94. The van der Waals surface area contributed by atoms with Crippen LogP contribution in [0.5, 0.6) is 0 Å². The molecule has 0 bridgehead atoms. The van der Waals surface area contributed by atoms with Gasteiger partial charge in [0.15, 0.2) is 0 Å². The zero-order valence-electron chi connectivity index (χ0n) is 19.7. The van der Waals surface area contributed by atoms with E-state index in [1.807, 2.05) is 70.0 Å². The number of carbonyl (C=O) groups is 2. The molecule has 168 valence electrons. The molecule has 0 N–H and O–H groups in total. The first-order valence-corrected chi connectivity index (χ1v) is 11.1. The normalized spacial score (nSPS) is 22.8. The lowest BCUT2D eigenvalue weighted by molar-refractivity contribution is -0.164. The van der Waals surface area contributed by atoms with Gasteiger partial charge in [0.25, 0.3) is 5.91 Å². The van der Waals surface area contributed by atoms with Crippen molar-refractivity contribution in [3.63, 3.8) is 0 Å². The second-order valence-corrected chi connectivity index (χ2v) is 9.61. The van der Waals surface area contributed by atoms with Crippen LogP contribution in [0.3, 0.4) is 0 Å². The molecule has 2 atom stereocenters. The van der Waals surface area contributed by atoms with Gasteiger partial charge in [-0.1, -0.05) is 53.2 Å². The molecule has 4 rings (SSSR count). The molecule has 6 nitrogen and oxygen atoms in total. The Morgan fingerprint density at radius 2 is 1.75 bits per heavy atom. The Hall–Kier alpha value is -2.99. The van der Waals surface area contributed by atoms with Gasteiger partial charge in [-0.15, -0.1) is 0 Å². The molecule has 2 amide bonds. The average Bonchev–Trinajstić information content (AvgIpc) is 3.18. The van der Waals surface area contributed by atoms with Crippen molar-refractivity contribution in [3.05, 3.63) is 70.3 Å². The Morgan fingerprint density at radius 1 is 1.12 bits per heavy atom. The van der Waals surface area contributed by atoms with E-state index in [9.17, 15) is 9.59 Å². The Balaban J connectivity index is 1.71. The van der Waals surface area contributed by atoms with Crippen LogP contribution >= 0.6 is 0 Å². The van der Waals surface area contributed by atoms with Crippen molar-refractivity contribution in [2.24, 2.45) is 11.1 Å². The molecule has 2 aromatic rings. The number of carbonyl (C=O) groups excluding carboxylic acids is 2. The van der Waals surface area contributed by atoms with Gasteiger partial charge in [0.1, 0.15) is 17.7 Å². The van der Waals surface area contributed by atoms with E-state index in [1.54, 1.807) is 0 Å². The first kappa shape index (κ1) is 22.2. The highest BCUT2D eigenvalue weighted by Gasteiger charge is 2.51. The third-order valence-corrected chi connectivity index (χ3v) is 6.42. The molecule has 32 heavy (non-hydrogen) atoms. The van der Waals surface area contributed by atoms with E-state index < -0.39 is 17.6 Å². The van der Waals surface area contributed by atoms with Crippen LogP contribution in [0.2, 0.25) is 0 Å². The molecule has 0 aliphatic carbocycles. The van der Waals surface area contributed by atoms with Crippen molar-refractivity contribution in [1.82, 2.24) is 10.0 Å². The van der Waals surface area contributed by atoms with Crippen molar-refractivity contribution in [3.8, 4) is 0 Å². The molecule has 0 aromatic heterocycles. The zero-order chi connectivity index (χ0) is 23.2. The number of hydrogen-bond donors (Lipinski definition) is 0. The molecule has 0 saturated carbocycles. The molecule has 0 spiro atoms. The largest absolute Gasteiger partial charge is 0.391 e. The van der Waals surface area contributed by atoms with Crippen LogP contribution in [0.4, 0.5) is 0 Å². The molecular formula is C26H31N3O3. The average molecular weight is 434 g/mol. The first-order valence-electron chi connectivity index (χ1n) is 11.1. The maximum absolute atomic E-state index is 13.9. The smallest absolute Gasteiger partial charge is 0.257 e. The van der Waals surface area contributed by atoms with Crippen LogP contribution < -0.4 is 0 Å². The minimum Gasteiger partial charge on any atom is -0.391 e. The van der Waals surface area contributed by atoms with Gasteiger partial charge in [-0.25, -0.2) is 10.0 Å². The summed E-state index contributed by atoms with van der Waals surface area (Å²) in [6.45, 7) is 12.4. The highest BCUT2D eigenvalue weighted by atomic mass is 16.6. The molecule has 1 saturated heterocycles. The van der Waals surface area contributed by atoms with E-state index in [2.05, 4.69) is 24.2 Å². The van der Waals surface area contributed by atoms with Crippen LogP contribution in [0.15, 0.2) is 47.6 Å². The van der Waals surface area contributed by atoms with Crippen molar-refractivity contribution in [1.29, 1.82) is 0 Å². The molecule has 6 heteroatoms. The van der Waals surface area contributed by atoms with Crippen LogP contribution in [-0.4, -0.2) is 39.2 Å². The Labute approximate surface area is 189 Å². The predicted molar refractivity (Wildman–Crippen MR) is 124 cm³/mol. The fourth-order valence-electron chi connectivity index (χ4n) is 4.94. The molecule has 0 radical (unpaired) electrons. The third kappa shape index (κ3) is 3.84. The zero-order valence-corrected chi connectivity index (χ0v) is 19.7. The highest BCUT2D eigenvalue weighted by Crippen LogP contribution is 2.36. The predicted octanol–water partition coefficient (Wildman–Crippen LogP) is 4.31. The van der Waals surface area contributed by atoms with Gasteiger partial charge < -0.3 is 4.84 Å². The molecule has 0 unspecified atom stereocenters. The van der Waals surface area contributed by atoms with Crippen molar-refractivity contribution >= 4 is 17.5 Å². The summed E-state index contributed by atoms with van der Waals surface area (Å²) in [6, 6.07) is 14.1. The van der Waals surface area contributed by atoms with Crippen LogP contribution in [0.25, 0.3) is 0 Å². The van der Waals surface area contributed by atoms with E-state index in [-0.39, 0.29) is 18.2 Å². The summed E-state index contributed by atoms with van der Waals surface area (Å²) in [5.74, 6) is -1.11. The summed E-state index contributed by atoms with van der Waals surface area (Å²) in [5, 5.41) is 7.56. The lowest BCUT2D eigenvalue weighted by Crippen LogP contribution is -2.53. The number of rotatable bonds is 4. The summed E-state index contributed by atoms with van der Waals surface area (Å²) < 4.78 is 0. The standard InChI is InChI=1S/C26H31N3O3/c1-16-12-17(2)22(18(3)13-16)24-23(19(4)32-27-24)25(31)29-21(30)14-26(5,6)28(29)15-20-10-8-7-9-11-20/h7-13,19,23H,14-15H2,1-6H3/t19-,23-/m1/s1. The molecule has 2 aromatic carbocycles. The molecule has 2 aliphatic rings. The van der Waals surface area contributed by atoms with Gasteiger partial charge in [0.2, 0.25) is 5.91 Å². The van der Waals surface area contributed by atoms with Gasteiger partial charge in [0, 0.05) is 24.1 Å². The first-order chi connectivity index (χ1) is 15.1. The molecule has 2 heterocycles. The number of aryl methyl sites for hydroxylation is 3. The second-order valence-electron chi connectivity index (χ2n) is 9.61. The van der Waals surface area contributed by atoms with Gasteiger partial charge in [0.05, 0.1) is 0 Å². The number of imide groups is 1. The van der Waals surface area contributed by atoms with Crippen molar-refractivity contribution < 1.29 is 14.4 Å². The summed E-state index contributed by atoms with van der Waals surface area (Å²) in [7, 11) is 0. The molecule has 1 fully saturated rings. The third-order valence-electron chi connectivity index (χ3n) is 6.42. The Morgan fingerprint density at radius 3 is 2.38 bits per heavy atom. The van der Waals surface area contributed by atoms with Gasteiger partial charge in [-0.2, -0.15) is 0 Å². The molecular weight excluding hydrogens is 402 g/mol. The van der Waals surface area contributed by atoms with Gasteiger partial charge in [-0.3, -0.25) is 9.59 Å². The second kappa shape index (κ2) is 8.17. The lowest BCUT2D eigenvalue weighted by atomic mass is 9.86. The van der Waals surface area contributed by atoms with E-state index in [0.717, 1.165) is 27.8 Å². The number of benzene rings is 2.